The van der Waals surface area contributed by atoms with Gasteiger partial charge in [0.05, 0.1) is 0 Å². The summed E-state index contributed by atoms with van der Waals surface area (Å²) < 4.78 is 0. The maximum Gasteiger partial charge on any atom is 3.00 e. The molecule has 0 spiro atoms. The van der Waals surface area contributed by atoms with Gasteiger partial charge in [-0.2, -0.15) is 0 Å². The van der Waals surface area contributed by atoms with Crippen molar-refractivity contribution >= 4 is 23.5 Å². The van der Waals surface area contributed by atoms with E-state index in [2.05, 4.69) is 0 Å². The summed E-state index contributed by atoms with van der Waals surface area (Å²) in [6, 6.07) is 0. The van der Waals surface area contributed by atoms with Crippen LogP contribution in [0.3, 0.4) is 0 Å². The number of hydrogen-bond acceptors (Lipinski definition) is 3. The summed E-state index contributed by atoms with van der Waals surface area (Å²) in [6.07, 6.45) is -2.33. The summed E-state index contributed by atoms with van der Waals surface area (Å²) in [7, 11) is 0. The summed E-state index contributed by atoms with van der Waals surface area (Å²) >= 11 is 0. The van der Waals surface area contributed by atoms with Crippen molar-refractivity contribution in [2.45, 2.75) is 0 Å². The zero-order chi connectivity index (χ0) is 3.58. The molecule has 0 aromatic rings. The van der Waals surface area contributed by atoms with Crippen LogP contribution < -0.4 is 10.2 Å². The maximum absolute atomic E-state index is 8.33. The second-order valence-electron chi connectivity index (χ2n) is 0.250. The Bertz CT molecular complexity index is 34.7. The summed E-state index contributed by atoms with van der Waals surface area (Å²) in [5, 5.41) is 16.7. The zero-order valence-electron chi connectivity index (χ0n) is 3.42. The van der Waals surface area contributed by atoms with Crippen LogP contribution in [0.5, 0.6) is 0 Å². The monoisotopic (exact) mass is 167 g/mol. The molecule has 0 unspecified atom stereocenters. The second-order valence-corrected chi connectivity index (χ2v) is 0.250. The van der Waals surface area contributed by atoms with Crippen LogP contribution in [0, 0.1) is 0 Å². The van der Waals surface area contributed by atoms with Gasteiger partial charge in [-0.25, -0.2) is 0 Å². The number of carbonyl (C=O) groups excluding carboxylic acids is 1. The van der Waals surface area contributed by atoms with Crippen LogP contribution in [-0.4, -0.2) is 23.5 Å². The molecule has 0 radical (unpaired) electrons. The molecule has 0 aliphatic heterocycles. The minimum Gasteiger partial charge on any atom is -2.00 e. The Kier molecular flexibility index (Phi) is 60.6. The first kappa shape index (κ1) is 26.3. The van der Waals surface area contributed by atoms with E-state index in [-0.39, 0.29) is 42.3 Å². The van der Waals surface area contributed by atoms with Crippen LogP contribution in [0.4, 0.5) is 4.79 Å². The molecule has 0 atom stereocenters. The maximum atomic E-state index is 8.33. The average Bonchev–Trinajstić information content (AvgIpc) is 0.811. The van der Waals surface area contributed by atoms with Crippen molar-refractivity contribution in [3.8, 4) is 0 Å². The molecule has 0 aliphatic carbocycles. The van der Waals surface area contributed by atoms with E-state index in [1.165, 1.54) is 0 Å². The molecule has 0 amide bonds. The summed E-state index contributed by atoms with van der Waals surface area (Å²) in [6.45, 7) is 0. The quantitative estimate of drug-likeness (QED) is 0.362. The van der Waals surface area contributed by atoms with Crippen LogP contribution in [0.2, 0.25) is 0 Å². The number of rotatable bonds is 0. The Morgan fingerprint density at radius 2 is 1.29 bits per heavy atom. The predicted octanol–water partition coefficient (Wildman–Crippen LogP) is -2.95. The van der Waals surface area contributed by atoms with E-state index >= 15 is 0 Å². The fourth-order valence-corrected chi connectivity index (χ4v) is 0. The van der Waals surface area contributed by atoms with Gasteiger partial charge in [0.25, 0.3) is 0 Å². The van der Waals surface area contributed by atoms with Gasteiger partial charge in [-0.1, -0.05) is 0 Å². The van der Waals surface area contributed by atoms with Crippen molar-refractivity contribution in [2.24, 2.45) is 0 Å². The van der Waals surface area contributed by atoms with Gasteiger partial charge in [-0.15, -0.1) is 0 Å². The molecule has 0 saturated heterocycles. The SMILES string of the molecule is O=C([O-])[O-].[Al+3].[O-2].[Zn+2]. The van der Waals surface area contributed by atoms with Crippen LogP contribution >= 0.6 is 0 Å². The first-order valence-corrected chi connectivity index (χ1v) is 0.612. The Morgan fingerprint density at radius 1 is 1.29 bits per heavy atom. The standard InChI is InChI=1S/CH2O3.Al.O.Zn/c2-1(3)4;;;/h(H2,2,3,4);;;/q;+3;-2;+2/p-2. The third-order valence-electron chi connectivity index (χ3n) is 0. The first-order chi connectivity index (χ1) is 1.73. The zero-order valence-corrected chi connectivity index (χ0v) is 7.54. The van der Waals surface area contributed by atoms with Gasteiger partial charge in [0.15, 0.2) is 0 Å². The molecule has 0 aromatic carbocycles. The van der Waals surface area contributed by atoms with Crippen LogP contribution in [0.1, 0.15) is 0 Å². The number of hydrogen-bond donors (Lipinski definition) is 0. The fraction of sp³-hybridized carbons (Fsp3) is 0. The predicted molar refractivity (Wildman–Crippen MR) is 11.8 cm³/mol. The Hall–Kier alpha value is 0.386. The van der Waals surface area contributed by atoms with E-state index in [1.54, 1.807) is 0 Å². The third-order valence-corrected chi connectivity index (χ3v) is 0. The molecular weight excluding hydrogens is 168 g/mol. The molecular formula is CAlO4Zn+. The summed E-state index contributed by atoms with van der Waals surface area (Å²) in [5.74, 6) is 0. The number of carbonyl (C=O) groups is 1. The fourth-order valence-electron chi connectivity index (χ4n) is 0. The molecule has 0 saturated carbocycles. The molecule has 6 heteroatoms. The topological polar surface area (TPSA) is 91.7 Å². The van der Waals surface area contributed by atoms with E-state index in [9.17, 15) is 0 Å². The third kappa shape index (κ3) is 825. The minimum absolute atomic E-state index is 0. The van der Waals surface area contributed by atoms with Crippen molar-refractivity contribution in [1.29, 1.82) is 0 Å². The van der Waals surface area contributed by atoms with Gasteiger partial charge in [0.2, 0.25) is 0 Å². The van der Waals surface area contributed by atoms with E-state index in [0.717, 1.165) is 0 Å². The van der Waals surface area contributed by atoms with Crippen molar-refractivity contribution in [3.05, 3.63) is 0 Å². The van der Waals surface area contributed by atoms with Gasteiger partial charge in [-0.3, -0.25) is 0 Å². The van der Waals surface area contributed by atoms with Crippen LogP contribution in [-0.2, 0) is 25.0 Å². The van der Waals surface area contributed by atoms with Crippen molar-refractivity contribution in [2.75, 3.05) is 0 Å². The van der Waals surface area contributed by atoms with Crippen molar-refractivity contribution in [1.82, 2.24) is 0 Å². The Labute approximate surface area is 63.7 Å². The number of carboxylic acid groups (broad SMARTS) is 2. The molecule has 7 heavy (non-hydrogen) atoms. The normalized spacial score (nSPS) is 3.43. The molecule has 32 valence electrons. The van der Waals surface area contributed by atoms with Crippen molar-refractivity contribution in [3.63, 3.8) is 0 Å². The van der Waals surface area contributed by atoms with Gasteiger partial charge in [0.1, 0.15) is 0 Å². The average molecular weight is 168 g/mol. The summed E-state index contributed by atoms with van der Waals surface area (Å²) in [4.78, 5) is 8.33. The second kappa shape index (κ2) is 16.2. The minimum atomic E-state index is -2.33. The summed E-state index contributed by atoms with van der Waals surface area (Å²) in [5.41, 5.74) is 0. The van der Waals surface area contributed by atoms with E-state index in [1.807, 2.05) is 0 Å². The molecule has 0 aliphatic rings. The van der Waals surface area contributed by atoms with E-state index in [4.69, 9.17) is 15.0 Å². The van der Waals surface area contributed by atoms with E-state index in [0.29, 0.717) is 0 Å². The smallest absolute Gasteiger partial charge is 2.00 e. The Morgan fingerprint density at radius 3 is 1.29 bits per heavy atom. The van der Waals surface area contributed by atoms with Crippen LogP contribution in [0.15, 0.2) is 0 Å². The molecule has 0 bridgehead atoms. The van der Waals surface area contributed by atoms with Gasteiger partial charge in [-0.05, 0) is 6.16 Å². The van der Waals surface area contributed by atoms with Gasteiger partial charge >= 0.3 is 36.8 Å². The van der Waals surface area contributed by atoms with Crippen molar-refractivity contribution < 1.29 is 40.0 Å². The molecule has 0 aromatic heterocycles. The van der Waals surface area contributed by atoms with Gasteiger partial charge in [0, 0.05) is 0 Å². The molecule has 0 rings (SSSR count). The largest absolute Gasteiger partial charge is 3.00 e. The molecule has 0 heterocycles. The van der Waals surface area contributed by atoms with Crippen LogP contribution in [0.25, 0.3) is 0 Å². The Balaban J connectivity index is -0.0000000150. The molecule has 0 N–H and O–H groups in total. The molecule has 0 fully saturated rings. The van der Waals surface area contributed by atoms with Gasteiger partial charge < -0.3 is 20.5 Å². The van der Waals surface area contributed by atoms with E-state index < -0.39 is 6.16 Å². The first-order valence-electron chi connectivity index (χ1n) is 0.612. The molecule has 4 nitrogen and oxygen atoms in total.